The molecule has 108 valence electrons. The highest BCUT2D eigenvalue weighted by Gasteiger charge is 2.14. The third kappa shape index (κ3) is 1.82. The van der Waals surface area contributed by atoms with Crippen LogP contribution in [0.4, 0.5) is 0 Å². The number of fused-ring (bicyclic) bond motifs is 3. The van der Waals surface area contributed by atoms with Gasteiger partial charge < -0.3 is 0 Å². The van der Waals surface area contributed by atoms with E-state index in [1.54, 1.807) is 10.8 Å². The summed E-state index contributed by atoms with van der Waals surface area (Å²) >= 11 is 3.50. The second-order valence-electron chi connectivity index (χ2n) is 5.18. The summed E-state index contributed by atoms with van der Waals surface area (Å²) in [5, 5.41) is 0. The molecule has 4 aromatic rings. The molecule has 0 atom stereocenters. The molecule has 5 heteroatoms. The fraction of sp³-hybridized carbons (Fsp3) is 0.0588. The van der Waals surface area contributed by atoms with Gasteiger partial charge in [-0.15, -0.1) is 0 Å². The van der Waals surface area contributed by atoms with E-state index in [2.05, 4.69) is 20.9 Å². The zero-order valence-electron chi connectivity index (χ0n) is 11.8. The Morgan fingerprint density at radius 2 is 1.91 bits per heavy atom. The van der Waals surface area contributed by atoms with E-state index >= 15 is 0 Å². The van der Waals surface area contributed by atoms with E-state index in [0.717, 1.165) is 26.8 Å². The molecular formula is C17H12BrN3O. The first-order valence-corrected chi connectivity index (χ1v) is 7.69. The summed E-state index contributed by atoms with van der Waals surface area (Å²) in [6.45, 7) is 2.00. The minimum absolute atomic E-state index is 0.120. The van der Waals surface area contributed by atoms with Gasteiger partial charge in [0.25, 0.3) is 5.56 Å². The molecule has 0 aliphatic rings. The first kappa shape index (κ1) is 13.3. The molecule has 0 saturated carbocycles. The van der Waals surface area contributed by atoms with E-state index in [1.165, 1.54) is 0 Å². The number of rotatable bonds is 1. The molecule has 0 N–H and O–H groups in total. The Balaban J connectivity index is 2.29. The van der Waals surface area contributed by atoms with Crippen molar-refractivity contribution in [1.82, 2.24) is 14.0 Å². The van der Waals surface area contributed by atoms with Crippen LogP contribution in [0.1, 0.15) is 5.56 Å². The Morgan fingerprint density at radius 3 is 2.73 bits per heavy atom. The minimum Gasteiger partial charge on any atom is -0.294 e. The third-order valence-corrected chi connectivity index (χ3v) is 4.32. The number of hydrogen-bond acceptors (Lipinski definition) is 2. The smallest absolute Gasteiger partial charge is 0.294 e. The van der Waals surface area contributed by atoms with Crippen molar-refractivity contribution in [3.63, 3.8) is 0 Å². The van der Waals surface area contributed by atoms with Crippen LogP contribution in [0.5, 0.6) is 0 Å². The van der Waals surface area contributed by atoms with Crippen LogP contribution in [0.15, 0.2) is 64.1 Å². The highest BCUT2D eigenvalue weighted by Crippen LogP contribution is 2.23. The van der Waals surface area contributed by atoms with Crippen molar-refractivity contribution in [1.29, 1.82) is 0 Å². The quantitative estimate of drug-likeness (QED) is 0.523. The second kappa shape index (κ2) is 4.81. The van der Waals surface area contributed by atoms with Gasteiger partial charge in [-0.1, -0.05) is 34.1 Å². The molecule has 2 aromatic heterocycles. The summed E-state index contributed by atoms with van der Waals surface area (Å²) in [6, 6.07) is 13.8. The van der Waals surface area contributed by atoms with E-state index < -0.39 is 0 Å². The van der Waals surface area contributed by atoms with Gasteiger partial charge in [-0.25, -0.2) is 4.98 Å². The molecule has 2 aromatic carbocycles. The average Bonchev–Trinajstić information content (AvgIpc) is 2.99. The van der Waals surface area contributed by atoms with Crippen LogP contribution in [-0.2, 0) is 0 Å². The van der Waals surface area contributed by atoms with Crippen molar-refractivity contribution in [2.24, 2.45) is 0 Å². The summed E-state index contributed by atoms with van der Waals surface area (Å²) in [7, 11) is 0. The van der Waals surface area contributed by atoms with Gasteiger partial charge in [0.1, 0.15) is 0 Å². The van der Waals surface area contributed by atoms with E-state index in [9.17, 15) is 4.79 Å². The van der Waals surface area contributed by atoms with Gasteiger partial charge in [-0.2, -0.15) is 0 Å². The Bertz CT molecular complexity index is 1080. The first-order chi connectivity index (χ1) is 10.7. The zero-order valence-corrected chi connectivity index (χ0v) is 13.4. The van der Waals surface area contributed by atoms with Crippen LogP contribution in [0, 0.1) is 6.92 Å². The van der Waals surface area contributed by atoms with Gasteiger partial charge >= 0.3 is 0 Å². The van der Waals surface area contributed by atoms with Crippen molar-refractivity contribution in [2.75, 3.05) is 0 Å². The van der Waals surface area contributed by atoms with Gasteiger partial charge in [-0.3, -0.25) is 13.8 Å². The van der Waals surface area contributed by atoms with Gasteiger partial charge in [-0.05, 0) is 36.8 Å². The molecule has 0 spiro atoms. The molecule has 2 heterocycles. The van der Waals surface area contributed by atoms with Crippen LogP contribution in [0.2, 0.25) is 0 Å². The third-order valence-electron chi connectivity index (χ3n) is 3.83. The maximum atomic E-state index is 12.9. The summed E-state index contributed by atoms with van der Waals surface area (Å²) in [4.78, 5) is 17.2. The summed E-state index contributed by atoms with van der Waals surface area (Å²) < 4.78 is 4.50. The fourth-order valence-electron chi connectivity index (χ4n) is 2.80. The molecule has 0 aliphatic carbocycles. The molecule has 0 unspecified atom stereocenters. The summed E-state index contributed by atoms with van der Waals surface area (Å²) in [5.74, 6) is 0. The highest BCUT2D eigenvalue weighted by molar-refractivity contribution is 9.10. The SMILES string of the molecule is Cc1ccccc1-n1c(=O)c2nccn2c2ccc(Br)cc21. The largest absolute Gasteiger partial charge is 0.299 e. The number of hydrogen-bond donors (Lipinski definition) is 0. The molecule has 0 fully saturated rings. The van der Waals surface area contributed by atoms with Crippen LogP contribution >= 0.6 is 15.9 Å². The Hall–Kier alpha value is -2.40. The number of para-hydroxylation sites is 1. The minimum atomic E-state index is -0.120. The van der Waals surface area contributed by atoms with E-state index in [0.29, 0.717) is 5.65 Å². The average molecular weight is 354 g/mol. The van der Waals surface area contributed by atoms with Crippen molar-refractivity contribution < 1.29 is 0 Å². The predicted octanol–water partition coefficient (Wildman–Crippen LogP) is 3.71. The lowest BCUT2D eigenvalue weighted by atomic mass is 10.2. The summed E-state index contributed by atoms with van der Waals surface area (Å²) in [5.41, 5.74) is 4.02. The monoisotopic (exact) mass is 353 g/mol. The molecule has 0 aliphatic heterocycles. The molecule has 0 saturated heterocycles. The number of nitrogens with zero attached hydrogens (tertiary/aromatic N) is 3. The van der Waals surface area contributed by atoms with Gasteiger partial charge in [0.15, 0.2) is 0 Å². The lowest BCUT2D eigenvalue weighted by molar-refractivity contribution is 1.00. The van der Waals surface area contributed by atoms with Gasteiger partial charge in [0, 0.05) is 16.9 Å². The van der Waals surface area contributed by atoms with Crippen LogP contribution < -0.4 is 5.56 Å². The van der Waals surface area contributed by atoms with E-state index in [1.807, 2.05) is 60.0 Å². The maximum Gasteiger partial charge on any atom is 0.299 e. The van der Waals surface area contributed by atoms with Crippen molar-refractivity contribution in [2.45, 2.75) is 6.92 Å². The molecular weight excluding hydrogens is 342 g/mol. The van der Waals surface area contributed by atoms with Crippen molar-refractivity contribution in [3.8, 4) is 5.69 Å². The van der Waals surface area contributed by atoms with Crippen LogP contribution in [0.25, 0.3) is 22.4 Å². The van der Waals surface area contributed by atoms with Gasteiger partial charge in [0.2, 0.25) is 5.65 Å². The normalized spacial score (nSPS) is 11.4. The van der Waals surface area contributed by atoms with Gasteiger partial charge in [0.05, 0.1) is 16.7 Å². The Morgan fingerprint density at radius 1 is 1.09 bits per heavy atom. The predicted molar refractivity (Wildman–Crippen MR) is 90.7 cm³/mol. The number of aryl methyl sites for hydroxylation is 1. The molecule has 0 amide bonds. The molecule has 0 bridgehead atoms. The molecule has 4 nitrogen and oxygen atoms in total. The fourth-order valence-corrected chi connectivity index (χ4v) is 3.15. The molecule has 0 radical (unpaired) electrons. The lowest BCUT2D eigenvalue weighted by Crippen LogP contribution is -2.22. The number of halogens is 1. The number of aromatic nitrogens is 3. The zero-order chi connectivity index (χ0) is 15.3. The molecule has 4 rings (SSSR count). The van der Waals surface area contributed by atoms with E-state index in [4.69, 9.17) is 0 Å². The highest BCUT2D eigenvalue weighted by atomic mass is 79.9. The number of benzene rings is 2. The molecule has 22 heavy (non-hydrogen) atoms. The summed E-state index contributed by atoms with van der Waals surface area (Å²) in [6.07, 6.45) is 3.47. The van der Waals surface area contributed by atoms with E-state index in [-0.39, 0.29) is 5.56 Å². The maximum absolute atomic E-state index is 12.9. The first-order valence-electron chi connectivity index (χ1n) is 6.90. The van der Waals surface area contributed by atoms with Crippen molar-refractivity contribution >= 4 is 32.6 Å². The topological polar surface area (TPSA) is 39.3 Å². The number of imidazole rings is 1. The Labute approximate surface area is 134 Å². The van der Waals surface area contributed by atoms with Crippen molar-refractivity contribution in [3.05, 3.63) is 75.2 Å². The van der Waals surface area contributed by atoms with Crippen LogP contribution in [0.3, 0.4) is 0 Å². The Kier molecular flexibility index (Phi) is 2.90. The second-order valence-corrected chi connectivity index (χ2v) is 6.10. The standard InChI is InChI=1S/C17H12BrN3O/c1-11-4-2-3-5-13(11)21-15-10-12(18)6-7-14(15)20-9-8-19-16(20)17(21)22/h2-10H,1H3. The lowest BCUT2D eigenvalue weighted by Gasteiger charge is -2.14. The van der Waals surface area contributed by atoms with Crippen LogP contribution in [-0.4, -0.2) is 14.0 Å².